The van der Waals surface area contributed by atoms with Crippen molar-refractivity contribution in [2.24, 2.45) is 0 Å². The maximum atomic E-state index is 12.6. The summed E-state index contributed by atoms with van der Waals surface area (Å²) in [7, 11) is 1.84. The van der Waals surface area contributed by atoms with Crippen molar-refractivity contribution in [1.29, 1.82) is 0 Å². The Bertz CT molecular complexity index is 725. The van der Waals surface area contributed by atoms with Gasteiger partial charge in [-0.3, -0.25) is 9.78 Å². The smallest absolute Gasteiger partial charge is 0.253 e. The van der Waals surface area contributed by atoms with Crippen molar-refractivity contribution in [1.82, 2.24) is 9.88 Å². The molecule has 0 atom stereocenters. The van der Waals surface area contributed by atoms with Crippen molar-refractivity contribution in [2.75, 3.05) is 25.5 Å². The first-order chi connectivity index (χ1) is 11.5. The maximum absolute atomic E-state index is 12.6. The van der Waals surface area contributed by atoms with Gasteiger partial charge in [-0.2, -0.15) is 0 Å². The molecule has 5 nitrogen and oxygen atoms in total. The Kier molecular flexibility index (Phi) is 4.73. The zero-order valence-corrected chi connectivity index (χ0v) is 14.3. The first-order valence-electron chi connectivity index (χ1n) is 7.94. The predicted molar refractivity (Wildman–Crippen MR) is 94.3 cm³/mol. The molecule has 0 unspecified atom stereocenters. The molecule has 24 heavy (non-hydrogen) atoms. The summed E-state index contributed by atoms with van der Waals surface area (Å²) in [6.07, 6.45) is 2.47. The molecule has 6 heteroatoms. The van der Waals surface area contributed by atoms with Crippen LogP contribution in [0.15, 0.2) is 42.6 Å². The van der Waals surface area contributed by atoms with Gasteiger partial charge in [-0.1, -0.05) is 11.6 Å². The van der Waals surface area contributed by atoms with Crippen LogP contribution in [0.2, 0.25) is 5.02 Å². The van der Waals surface area contributed by atoms with Crippen molar-refractivity contribution in [3.63, 3.8) is 0 Å². The fourth-order valence-corrected chi connectivity index (χ4v) is 3.30. The molecule has 2 heterocycles. The van der Waals surface area contributed by atoms with E-state index in [2.05, 4.69) is 10.3 Å². The third-order valence-corrected chi connectivity index (χ3v) is 4.80. The lowest BCUT2D eigenvalue weighted by Crippen LogP contribution is -2.45. The van der Waals surface area contributed by atoms with Crippen LogP contribution < -0.4 is 5.32 Å². The number of likely N-dealkylation sites (tertiary alicyclic amines) is 1. The minimum atomic E-state index is -1.08. The van der Waals surface area contributed by atoms with Crippen LogP contribution in [-0.4, -0.2) is 41.0 Å². The van der Waals surface area contributed by atoms with Crippen LogP contribution >= 0.6 is 11.6 Å². The van der Waals surface area contributed by atoms with Crippen LogP contribution in [0.5, 0.6) is 0 Å². The molecular weight excluding hydrogens is 326 g/mol. The monoisotopic (exact) mass is 345 g/mol. The van der Waals surface area contributed by atoms with Crippen LogP contribution in [-0.2, 0) is 5.60 Å². The number of nitrogens with zero attached hydrogens (tertiary/aromatic N) is 2. The third-order valence-electron chi connectivity index (χ3n) is 4.50. The van der Waals surface area contributed by atoms with E-state index in [9.17, 15) is 9.90 Å². The number of nitrogens with one attached hydrogen (secondary N) is 1. The number of halogens is 1. The molecule has 1 aromatic carbocycles. The van der Waals surface area contributed by atoms with E-state index in [-0.39, 0.29) is 5.91 Å². The van der Waals surface area contributed by atoms with Gasteiger partial charge in [0.25, 0.3) is 5.91 Å². The second-order valence-corrected chi connectivity index (χ2v) is 6.39. The zero-order valence-electron chi connectivity index (χ0n) is 13.5. The van der Waals surface area contributed by atoms with Crippen molar-refractivity contribution in [2.45, 2.75) is 18.4 Å². The van der Waals surface area contributed by atoms with Crippen molar-refractivity contribution >= 4 is 23.2 Å². The van der Waals surface area contributed by atoms with Gasteiger partial charge in [-0.25, -0.2) is 0 Å². The van der Waals surface area contributed by atoms with E-state index >= 15 is 0 Å². The van der Waals surface area contributed by atoms with Crippen LogP contribution in [0.25, 0.3) is 0 Å². The van der Waals surface area contributed by atoms with Crippen LogP contribution in [0.1, 0.15) is 28.9 Å². The quantitative estimate of drug-likeness (QED) is 0.897. The molecule has 1 aromatic heterocycles. The summed E-state index contributed by atoms with van der Waals surface area (Å²) in [6, 6.07) is 10.8. The number of carbonyl (C=O) groups excluding carboxylic acids is 1. The molecule has 0 saturated carbocycles. The maximum Gasteiger partial charge on any atom is 0.253 e. The number of benzene rings is 1. The van der Waals surface area contributed by atoms with E-state index in [4.69, 9.17) is 11.6 Å². The lowest BCUT2D eigenvalue weighted by molar-refractivity contribution is -0.0243. The first-order valence-corrected chi connectivity index (χ1v) is 8.32. The molecule has 0 spiro atoms. The van der Waals surface area contributed by atoms with Crippen LogP contribution in [0.4, 0.5) is 5.69 Å². The summed E-state index contributed by atoms with van der Waals surface area (Å²) >= 11 is 6.16. The molecule has 0 bridgehead atoms. The molecule has 2 aromatic rings. The van der Waals surface area contributed by atoms with Gasteiger partial charge in [0.15, 0.2) is 0 Å². The molecule has 0 radical (unpaired) electrons. The number of hydrogen-bond donors (Lipinski definition) is 2. The predicted octanol–water partition coefficient (Wildman–Crippen LogP) is 2.90. The van der Waals surface area contributed by atoms with Crippen LogP contribution in [0, 0.1) is 0 Å². The van der Waals surface area contributed by atoms with E-state index in [1.54, 1.807) is 23.2 Å². The van der Waals surface area contributed by atoms with Gasteiger partial charge in [0.1, 0.15) is 5.60 Å². The van der Waals surface area contributed by atoms with Crippen molar-refractivity contribution in [3.8, 4) is 0 Å². The summed E-state index contributed by atoms with van der Waals surface area (Å²) in [5.41, 5.74) is 1.03. The Morgan fingerprint density at radius 3 is 2.50 bits per heavy atom. The second kappa shape index (κ2) is 6.79. The molecule has 3 rings (SSSR count). The Hall–Kier alpha value is -2.11. The number of amides is 1. The van der Waals surface area contributed by atoms with Crippen LogP contribution in [0.3, 0.4) is 0 Å². The average Bonchev–Trinajstić information content (AvgIpc) is 2.62. The SMILES string of the molecule is CNc1ccc(C(=O)N2CCC(O)(c3ncccc3Cl)CC2)cc1. The summed E-state index contributed by atoms with van der Waals surface area (Å²) in [4.78, 5) is 18.6. The largest absolute Gasteiger partial charge is 0.388 e. The number of rotatable bonds is 3. The number of aromatic nitrogens is 1. The standard InChI is InChI=1S/C18H20ClN3O2/c1-20-14-6-4-13(5-7-14)17(23)22-11-8-18(24,9-12-22)16-15(19)3-2-10-21-16/h2-7,10,20,24H,8-9,11-12H2,1H3. The Balaban J connectivity index is 1.70. The Morgan fingerprint density at radius 2 is 1.92 bits per heavy atom. The second-order valence-electron chi connectivity index (χ2n) is 5.98. The van der Waals surface area contributed by atoms with E-state index in [1.807, 2.05) is 31.3 Å². The van der Waals surface area contributed by atoms with Crippen molar-refractivity contribution in [3.05, 3.63) is 58.9 Å². The van der Waals surface area contributed by atoms with Gasteiger partial charge >= 0.3 is 0 Å². The first kappa shape index (κ1) is 16.7. The van der Waals surface area contributed by atoms with E-state index in [0.29, 0.717) is 42.2 Å². The molecule has 1 fully saturated rings. The zero-order chi connectivity index (χ0) is 17.2. The number of piperidine rings is 1. The number of carbonyl (C=O) groups is 1. The highest BCUT2D eigenvalue weighted by Crippen LogP contribution is 2.35. The highest BCUT2D eigenvalue weighted by Gasteiger charge is 2.38. The molecule has 1 aliphatic heterocycles. The number of aliphatic hydroxyl groups is 1. The Morgan fingerprint density at radius 1 is 1.25 bits per heavy atom. The van der Waals surface area contributed by atoms with Gasteiger partial charge < -0.3 is 15.3 Å². The van der Waals surface area contributed by atoms with E-state index in [1.165, 1.54) is 0 Å². The van der Waals surface area contributed by atoms with E-state index < -0.39 is 5.60 Å². The summed E-state index contributed by atoms with van der Waals surface area (Å²) < 4.78 is 0. The van der Waals surface area contributed by atoms with Gasteiger partial charge in [-0.05, 0) is 49.2 Å². The lowest BCUT2D eigenvalue weighted by atomic mass is 9.87. The third kappa shape index (κ3) is 3.23. The van der Waals surface area contributed by atoms with Gasteiger partial charge in [0.05, 0.1) is 10.7 Å². The minimum absolute atomic E-state index is 0.0215. The molecule has 126 valence electrons. The fraction of sp³-hybridized carbons (Fsp3) is 0.333. The van der Waals surface area contributed by atoms with Gasteiger partial charge in [-0.15, -0.1) is 0 Å². The topological polar surface area (TPSA) is 65.5 Å². The highest BCUT2D eigenvalue weighted by molar-refractivity contribution is 6.31. The van der Waals surface area contributed by atoms with Gasteiger partial charge in [0, 0.05) is 37.6 Å². The molecular formula is C18H20ClN3O2. The molecule has 1 saturated heterocycles. The minimum Gasteiger partial charge on any atom is -0.388 e. The molecule has 1 amide bonds. The molecule has 0 aliphatic carbocycles. The highest BCUT2D eigenvalue weighted by atomic mass is 35.5. The number of anilines is 1. The summed E-state index contributed by atoms with van der Waals surface area (Å²) in [6.45, 7) is 0.937. The van der Waals surface area contributed by atoms with E-state index in [0.717, 1.165) is 5.69 Å². The van der Waals surface area contributed by atoms with Crippen molar-refractivity contribution < 1.29 is 9.90 Å². The lowest BCUT2D eigenvalue weighted by Gasteiger charge is -2.38. The molecule has 1 aliphatic rings. The fourth-order valence-electron chi connectivity index (χ4n) is 3.01. The summed E-state index contributed by atoms with van der Waals surface area (Å²) in [5.74, 6) is -0.0215. The normalized spacial score (nSPS) is 16.7. The number of pyridine rings is 1. The molecule has 2 N–H and O–H groups in total. The number of hydrogen-bond acceptors (Lipinski definition) is 4. The Labute approximate surface area is 146 Å². The average molecular weight is 346 g/mol. The van der Waals surface area contributed by atoms with Gasteiger partial charge in [0.2, 0.25) is 0 Å². The summed E-state index contributed by atoms with van der Waals surface area (Å²) in [5, 5.41) is 14.4.